The molecule has 0 saturated carbocycles. The molecule has 0 heterocycles. The molecule has 0 N–H and O–H groups in total. The van der Waals surface area contributed by atoms with Crippen LogP contribution in [0.4, 0.5) is 0 Å². The Labute approximate surface area is 154 Å². The number of halogens is 2. The topological polar surface area (TPSA) is 0 Å². The van der Waals surface area contributed by atoms with E-state index in [2.05, 4.69) is 70.2 Å². The molecule has 0 nitrogen and oxygen atoms in total. The van der Waals surface area contributed by atoms with E-state index >= 15 is 0 Å². The minimum atomic E-state index is -1.77. The molecule has 1 aromatic rings. The molecule has 0 radical (unpaired) electrons. The first-order chi connectivity index (χ1) is 9.59. The number of rotatable bonds is 2. The molecule has 2 aliphatic rings. The first-order valence-electron chi connectivity index (χ1n) is 7.41. The van der Waals surface area contributed by atoms with Crippen molar-refractivity contribution in [2.75, 3.05) is 0 Å². The number of fused-ring (bicyclic) bond motifs is 1. The van der Waals surface area contributed by atoms with Crippen molar-refractivity contribution in [3.05, 3.63) is 62.5 Å². The van der Waals surface area contributed by atoms with Crippen LogP contribution < -0.4 is 24.8 Å². The van der Waals surface area contributed by atoms with Gasteiger partial charge in [-0.2, -0.15) is 0 Å². The first-order valence-corrected chi connectivity index (χ1v) is 11.3. The molecule has 3 heteroatoms. The molecule has 0 aromatic heterocycles. The van der Waals surface area contributed by atoms with Crippen LogP contribution in [0.1, 0.15) is 48.9 Å². The second kappa shape index (κ2) is 8.05. The molecule has 1 aromatic carbocycles. The standard InChI is InChI=1S/C10H9.C6H7.C3H6.2ClH.Zr/c1-8-6-7-9-4-2-3-5-10(8)9;1-6-4-2-3-5-6;1-3-2;;;/h2-7H,1H3;2,4H,3H2,1H3;1-2H3;2*1H;/q;;;;;+2/p-2. The van der Waals surface area contributed by atoms with E-state index in [1.807, 2.05) is 0 Å². The number of hydrogen-bond acceptors (Lipinski definition) is 0. The zero-order valence-electron chi connectivity index (χ0n) is 13.6. The molecular formula is C19H22Cl2Zr. The van der Waals surface area contributed by atoms with Gasteiger partial charge in [0.25, 0.3) is 0 Å². The van der Waals surface area contributed by atoms with Crippen LogP contribution in [0.15, 0.2) is 51.3 Å². The fraction of sp³-hybridized carbons (Fsp3) is 0.316. The van der Waals surface area contributed by atoms with Gasteiger partial charge in [0, 0.05) is 0 Å². The Hall–Kier alpha value is -0.227. The molecular weight excluding hydrogens is 390 g/mol. The number of allylic oxidation sites excluding steroid dienone is 6. The van der Waals surface area contributed by atoms with Gasteiger partial charge in [-0.25, -0.2) is 0 Å². The third-order valence-electron chi connectivity index (χ3n) is 4.48. The summed E-state index contributed by atoms with van der Waals surface area (Å²) in [5, 5.41) is 0. The van der Waals surface area contributed by atoms with Gasteiger partial charge in [0.05, 0.1) is 0 Å². The van der Waals surface area contributed by atoms with Crippen molar-refractivity contribution in [1.82, 2.24) is 0 Å². The van der Waals surface area contributed by atoms with E-state index in [0.717, 1.165) is 0 Å². The maximum Gasteiger partial charge on any atom is -1.00 e. The summed E-state index contributed by atoms with van der Waals surface area (Å²) in [6.45, 7) is 9.33. The summed E-state index contributed by atoms with van der Waals surface area (Å²) in [7, 11) is 0. The molecule has 0 spiro atoms. The van der Waals surface area contributed by atoms with E-state index in [-0.39, 0.29) is 24.8 Å². The Morgan fingerprint density at radius 1 is 1.09 bits per heavy atom. The van der Waals surface area contributed by atoms with Crippen molar-refractivity contribution >= 4 is 8.78 Å². The van der Waals surface area contributed by atoms with Crippen LogP contribution in [0.5, 0.6) is 0 Å². The van der Waals surface area contributed by atoms with E-state index < -0.39 is 21.3 Å². The summed E-state index contributed by atoms with van der Waals surface area (Å²) in [6, 6.07) is 9.03. The van der Waals surface area contributed by atoms with Crippen LogP contribution in [-0.2, 0) is 21.3 Å². The Kier molecular flexibility index (Phi) is 7.25. The zero-order chi connectivity index (χ0) is 14.3. The average molecular weight is 413 g/mol. The second-order valence-electron chi connectivity index (χ2n) is 6.10. The monoisotopic (exact) mass is 410 g/mol. The van der Waals surface area contributed by atoms with Gasteiger partial charge >= 0.3 is 130 Å². The van der Waals surface area contributed by atoms with Gasteiger partial charge in [-0.15, -0.1) is 0 Å². The summed E-state index contributed by atoms with van der Waals surface area (Å²) in [6.07, 6.45) is 8.45. The second-order valence-corrected chi connectivity index (χ2v) is 13.6. The maximum atomic E-state index is 2.56. The van der Waals surface area contributed by atoms with Crippen molar-refractivity contribution in [3.63, 3.8) is 0 Å². The predicted molar refractivity (Wildman–Crippen MR) is 85.6 cm³/mol. The van der Waals surface area contributed by atoms with Crippen molar-refractivity contribution < 1.29 is 46.1 Å². The molecule has 0 saturated heterocycles. The maximum absolute atomic E-state index is 2.56. The molecule has 0 bridgehead atoms. The normalized spacial score (nSPS) is 18.0. The summed E-state index contributed by atoms with van der Waals surface area (Å²) < 4.78 is 4.23. The molecule has 2 aliphatic carbocycles. The van der Waals surface area contributed by atoms with Crippen molar-refractivity contribution in [2.45, 2.75) is 37.7 Å². The average Bonchev–Trinajstić information content (AvgIpc) is 2.97. The third-order valence-corrected chi connectivity index (χ3v) is 12.9. The van der Waals surface area contributed by atoms with Crippen LogP contribution in [0, 0.1) is 0 Å². The molecule has 1 atom stereocenters. The molecule has 3 rings (SSSR count). The van der Waals surface area contributed by atoms with E-state index in [1.54, 1.807) is 17.6 Å². The quantitative estimate of drug-likeness (QED) is 0.598. The Morgan fingerprint density at radius 3 is 2.36 bits per heavy atom. The molecule has 1 unspecified atom stereocenters. The van der Waals surface area contributed by atoms with Crippen LogP contribution >= 0.6 is 0 Å². The van der Waals surface area contributed by atoms with E-state index in [0.29, 0.717) is 3.63 Å². The summed E-state index contributed by atoms with van der Waals surface area (Å²) in [4.78, 5) is 0. The van der Waals surface area contributed by atoms with Gasteiger partial charge < -0.3 is 24.8 Å². The third kappa shape index (κ3) is 3.48. The number of benzene rings is 1. The number of hydrogen-bond donors (Lipinski definition) is 0. The van der Waals surface area contributed by atoms with Crippen LogP contribution in [0.2, 0.25) is 0 Å². The van der Waals surface area contributed by atoms with Crippen LogP contribution in [0.25, 0.3) is 5.57 Å². The largest absolute Gasteiger partial charge is 1.00 e. The zero-order valence-corrected chi connectivity index (χ0v) is 17.6. The minimum Gasteiger partial charge on any atom is -1.00 e. The van der Waals surface area contributed by atoms with Gasteiger partial charge in [0.1, 0.15) is 0 Å². The van der Waals surface area contributed by atoms with Gasteiger partial charge in [-0.1, -0.05) is 0 Å². The van der Waals surface area contributed by atoms with Crippen molar-refractivity contribution in [3.8, 4) is 0 Å². The fourth-order valence-electron chi connectivity index (χ4n) is 3.53. The molecule has 116 valence electrons. The first kappa shape index (κ1) is 19.8. The van der Waals surface area contributed by atoms with Gasteiger partial charge in [-0.3, -0.25) is 0 Å². The Morgan fingerprint density at radius 2 is 1.77 bits per heavy atom. The predicted octanol–water partition coefficient (Wildman–Crippen LogP) is -0.783. The summed E-state index contributed by atoms with van der Waals surface area (Å²) in [5.41, 5.74) is 6.11. The Bertz CT molecular complexity index is 689. The van der Waals surface area contributed by atoms with Crippen LogP contribution in [0.3, 0.4) is 0 Å². The summed E-state index contributed by atoms with van der Waals surface area (Å²) >= 11 is -1.77. The summed E-state index contributed by atoms with van der Waals surface area (Å²) in [5.74, 6) is 0. The molecule has 0 amide bonds. The molecule has 0 fully saturated rings. The van der Waals surface area contributed by atoms with Gasteiger partial charge in [-0.05, 0) is 0 Å². The van der Waals surface area contributed by atoms with Crippen LogP contribution in [-0.4, -0.2) is 3.21 Å². The van der Waals surface area contributed by atoms with Gasteiger partial charge in [0.15, 0.2) is 0 Å². The molecule has 22 heavy (non-hydrogen) atoms. The van der Waals surface area contributed by atoms with E-state index in [4.69, 9.17) is 0 Å². The Balaban J connectivity index is 0.00000121. The molecule has 0 aliphatic heterocycles. The minimum absolute atomic E-state index is 0. The van der Waals surface area contributed by atoms with E-state index in [1.165, 1.54) is 17.6 Å². The van der Waals surface area contributed by atoms with Crippen molar-refractivity contribution in [2.24, 2.45) is 0 Å². The SMILES string of the molecule is CC1=C[CH]([Zr+2]([C]2=C(C)C=CC2)=[C](C)C)c2ccccc21.[Cl-].[Cl-]. The van der Waals surface area contributed by atoms with Gasteiger partial charge in [0.2, 0.25) is 0 Å². The van der Waals surface area contributed by atoms with E-state index in [9.17, 15) is 0 Å². The smallest absolute Gasteiger partial charge is 1.00 e. The fourth-order valence-corrected chi connectivity index (χ4v) is 12.0. The van der Waals surface area contributed by atoms with Crippen molar-refractivity contribution in [1.29, 1.82) is 0 Å².